The number of anilines is 1. The maximum atomic E-state index is 12.5. The molecule has 2 aromatic carbocycles. The number of ether oxygens (including phenoxy) is 2. The van der Waals surface area contributed by atoms with Crippen LogP contribution < -0.4 is 20.7 Å². The highest BCUT2D eigenvalue weighted by Crippen LogP contribution is 2.25. The molecule has 0 heterocycles. The number of methoxy groups -OCH3 is 1. The monoisotopic (exact) mass is 799 g/mol. The number of nitrogens with one attached hydrogen (secondary N) is 3. The van der Waals surface area contributed by atoms with E-state index in [2.05, 4.69) is 22.9 Å². The Hall–Kier alpha value is -4.80. The van der Waals surface area contributed by atoms with Crippen LogP contribution in [0.25, 0.3) is 0 Å². The molecule has 1 atom stereocenters. The zero-order chi connectivity index (χ0) is 41.2. The van der Waals surface area contributed by atoms with E-state index >= 15 is 0 Å². The zero-order valence-corrected chi connectivity index (χ0v) is 32.2. The summed E-state index contributed by atoms with van der Waals surface area (Å²) in [6, 6.07) is 11.3. The van der Waals surface area contributed by atoms with Crippen LogP contribution >= 0.6 is 11.8 Å². The van der Waals surface area contributed by atoms with Gasteiger partial charge in [-0.1, -0.05) is 64.0 Å². The Labute approximate surface area is 323 Å². The Morgan fingerprint density at radius 3 is 2.02 bits per heavy atom. The van der Waals surface area contributed by atoms with Crippen molar-refractivity contribution in [2.24, 2.45) is 0 Å². The Balaban J connectivity index is 0.00000196. The molecule has 0 aromatic heterocycles. The Morgan fingerprint density at radius 2 is 1.45 bits per heavy atom. The number of hydrogen-bond donors (Lipinski definition) is 5. The van der Waals surface area contributed by atoms with Crippen LogP contribution in [0.4, 0.5) is 18.9 Å². The second kappa shape index (κ2) is 26.9. The summed E-state index contributed by atoms with van der Waals surface area (Å²) < 4.78 is 42.3. The molecule has 0 radical (unpaired) electrons. The van der Waals surface area contributed by atoms with Crippen LogP contribution in [0.2, 0.25) is 0 Å². The molecule has 0 aliphatic rings. The zero-order valence-electron chi connectivity index (χ0n) is 31.4. The largest absolute Gasteiger partial charge is 0.494 e. The van der Waals surface area contributed by atoms with Crippen molar-refractivity contribution < 1.29 is 61.6 Å². The van der Waals surface area contributed by atoms with E-state index in [-0.39, 0.29) is 25.4 Å². The maximum absolute atomic E-state index is 12.5. The first kappa shape index (κ1) is 48.2. The molecule has 0 unspecified atom stereocenters. The summed E-state index contributed by atoms with van der Waals surface area (Å²) >= 11 is 1.42. The van der Waals surface area contributed by atoms with E-state index in [1.165, 1.54) is 51.0 Å². The van der Waals surface area contributed by atoms with Crippen LogP contribution in [-0.2, 0) is 35.1 Å². The average Bonchev–Trinajstić information content (AvgIpc) is 3.14. The standard InChI is InChI=1S/C36H51N3O8S.C2HF3O2/c1-4-5-6-7-8-9-10-11-22-37-35(44)30(25-34(42)43)39-32(40)13-12-23-47-28-18-14-26(15-19-28)16-21-33(41)38-27-17-20-31(48-3)29(24-27)36(45)46-2;3-2(4,5)1(6)7/h14-15,17-20,24,30H,4-13,16,21-23,25H2,1-3H3,(H,37,44)(H,38,41)(H,39,40)(H,42,43);(H,6,7)/t30-;/m0./s1. The second-order valence-corrected chi connectivity index (χ2v) is 13.2. The number of carbonyl (C=O) groups is 6. The average molecular weight is 800 g/mol. The predicted molar refractivity (Wildman–Crippen MR) is 201 cm³/mol. The van der Waals surface area contributed by atoms with Gasteiger partial charge in [0.2, 0.25) is 17.7 Å². The van der Waals surface area contributed by atoms with Gasteiger partial charge >= 0.3 is 24.1 Å². The molecule has 306 valence electrons. The fourth-order valence-corrected chi connectivity index (χ4v) is 5.52. The number of carboxylic acids is 2. The number of alkyl halides is 3. The van der Waals surface area contributed by atoms with Gasteiger partial charge in [0, 0.05) is 30.0 Å². The van der Waals surface area contributed by atoms with Gasteiger partial charge in [0.15, 0.2) is 0 Å². The molecule has 0 aliphatic carbocycles. The van der Waals surface area contributed by atoms with Gasteiger partial charge in [0.25, 0.3) is 0 Å². The number of unbranched alkanes of at least 4 members (excludes halogenated alkanes) is 7. The van der Waals surface area contributed by atoms with Gasteiger partial charge in [0.1, 0.15) is 11.8 Å². The van der Waals surface area contributed by atoms with E-state index in [1.54, 1.807) is 30.3 Å². The van der Waals surface area contributed by atoms with Gasteiger partial charge in [-0.05, 0) is 61.4 Å². The molecule has 0 fully saturated rings. The number of rotatable bonds is 24. The third-order valence-corrected chi connectivity index (χ3v) is 8.67. The maximum Gasteiger partial charge on any atom is 0.490 e. The molecule has 17 heteroatoms. The van der Waals surface area contributed by atoms with Crippen molar-refractivity contribution in [3.63, 3.8) is 0 Å². The Kier molecular flexibility index (Phi) is 23.6. The van der Waals surface area contributed by atoms with Crippen molar-refractivity contribution >= 4 is 53.1 Å². The normalized spacial score (nSPS) is 11.3. The summed E-state index contributed by atoms with van der Waals surface area (Å²) in [5, 5.41) is 24.5. The fourth-order valence-electron chi connectivity index (χ4n) is 4.96. The molecular formula is C38H52F3N3O10S. The molecule has 0 saturated heterocycles. The van der Waals surface area contributed by atoms with E-state index in [9.17, 15) is 42.3 Å². The number of hydrogen-bond acceptors (Lipinski definition) is 9. The third kappa shape index (κ3) is 21.6. The Bertz CT molecular complexity index is 1520. The smallest absolute Gasteiger partial charge is 0.490 e. The number of carboxylic acid groups (broad SMARTS) is 2. The third-order valence-electron chi connectivity index (χ3n) is 7.87. The van der Waals surface area contributed by atoms with Crippen molar-refractivity contribution in [3.8, 4) is 5.75 Å². The highest BCUT2D eigenvalue weighted by atomic mass is 32.2. The number of amides is 3. The molecule has 13 nitrogen and oxygen atoms in total. The van der Waals surface area contributed by atoms with Crippen LogP contribution in [0.1, 0.15) is 99.9 Å². The van der Waals surface area contributed by atoms with Gasteiger partial charge in [-0.3, -0.25) is 19.2 Å². The molecule has 2 aromatic rings. The molecule has 0 spiro atoms. The molecule has 5 N–H and O–H groups in total. The van der Waals surface area contributed by atoms with Crippen molar-refractivity contribution in [1.82, 2.24) is 10.6 Å². The summed E-state index contributed by atoms with van der Waals surface area (Å²) in [4.78, 5) is 70.5. The van der Waals surface area contributed by atoms with Crippen molar-refractivity contribution in [2.45, 2.75) is 108 Å². The quantitative estimate of drug-likeness (QED) is 0.0427. The minimum atomic E-state index is -5.08. The van der Waals surface area contributed by atoms with Gasteiger partial charge < -0.3 is 35.6 Å². The summed E-state index contributed by atoms with van der Waals surface area (Å²) in [5.41, 5.74) is 1.86. The minimum Gasteiger partial charge on any atom is -0.494 e. The lowest BCUT2D eigenvalue weighted by molar-refractivity contribution is -0.192. The lowest BCUT2D eigenvalue weighted by atomic mass is 10.1. The molecule has 0 saturated carbocycles. The molecule has 55 heavy (non-hydrogen) atoms. The molecule has 3 amide bonds. The van der Waals surface area contributed by atoms with E-state index in [0.29, 0.717) is 36.4 Å². The van der Waals surface area contributed by atoms with Crippen LogP contribution in [-0.4, -0.2) is 84.6 Å². The van der Waals surface area contributed by atoms with Crippen molar-refractivity contribution in [2.75, 3.05) is 31.8 Å². The predicted octanol–water partition coefficient (Wildman–Crippen LogP) is 6.78. The van der Waals surface area contributed by atoms with Crippen molar-refractivity contribution in [1.29, 1.82) is 0 Å². The second-order valence-electron chi connectivity index (χ2n) is 12.3. The van der Waals surface area contributed by atoms with E-state index < -0.39 is 48.4 Å². The fraction of sp³-hybridized carbons (Fsp3) is 0.526. The van der Waals surface area contributed by atoms with Crippen LogP contribution in [0.3, 0.4) is 0 Å². The number of esters is 1. The van der Waals surface area contributed by atoms with Gasteiger partial charge in [0.05, 0.1) is 25.7 Å². The Morgan fingerprint density at radius 1 is 0.836 bits per heavy atom. The lowest BCUT2D eigenvalue weighted by Crippen LogP contribution is -2.48. The minimum absolute atomic E-state index is 0.0791. The van der Waals surface area contributed by atoms with Gasteiger partial charge in [-0.15, -0.1) is 11.8 Å². The summed E-state index contributed by atoms with van der Waals surface area (Å²) in [6.45, 7) is 2.89. The van der Waals surface area contributed by atoms with Gasteiger partial charge in [-0.25, -0.2) is 9.59 Å². The molecule has 0 aliphatic heterocycles. The molecule has 2 rings (SSSR count). The van der Waals surface area contributed by atoms with E-state index in [4.69, 9.17) is 19.4 Å². The van der Waals surface area contributed by atoms with Gasteiger partial charge in [-0.2, -0.15) is 13.2 Å². The summed E-state index contributed by atoms with van der Waals surface area (Å²) in [5.74, 6) is -4.86. The first-order valence-electron chi connectivity index (χ1n) is 18.0. The number of aliphatic carboxylic acids is 2. The number of benzene rings is 2. The summed E-state index contributed by atoms with van der Waals surface area (Å²) in [7, 11) is 1.32. The van der Waals surface area contributed by atoms with E-state index in [0.717, 1.165) is 29.7 Å². The van der Waals surface area contributed by atoms with Crippen molar-refractivity contribution in [3.05, 3.63) is 53.6 Å². The first-order valence-corrected chi connectivity index (χ1v) is 19.2. The number of halogens is 3. The molecular weight excluding hydrogens is 747 g/mol. The van der Waals surface area contributed by atoms with Crippen LogP contribution in [0.15, 0.2) is 47.4 Å². The number of aryl methyl sites for hydroxylation is 1. The lowest BCUT2D eigenvalue weighted by Gasteiger charge is -2.17. The van der Waals surface area contributed by atoms with E-state index in [1.807, 2.05) is 18.4 Å². The topological polar surface area (TPSA) is 197 Å². The van der Waals surface area contributed by atoms with Crippen LogP contribution in [0, 0.1) is 0 Å². The summed E-state index contributed by atoms with van der Waals surface area (Å²) in [6.07, 6.45) is 6.56. The number of thioether (sulfide) groups is 1. The SMILES string of the molecule is CCCCCCCCCCNC(=O)[C@H](CC(=O)O)NC(=O)CCCOc1ccc(CCC(=O)Nc2ccc(SC)c(C(=O)OC)c2)cc1.O=C(O)C(F)(F)F. The number of carbonyl (C=O) groups excluding carboxylic acids is 4. The first-order chi connectivity index (χ1) is 26.1. The van der Waals surface area contributed by atoms with Crippen LogP contribution in [0.5, 0.6) is 5.75 Å². The molecule has 0 bridgehead atoms. The highest BCUT2D eigenvalue weighted by Gasteiger charge is 2.38. The highest BCUT2D eigenvalue weighted by molar-refractivity contribution is 7.98.